The minimum absolute atomic E-state index is 0.0378. The molecule has 1 fully saturated rings. The summed E-state index contributed by atoms with van der Waals surface area (Å²) >= 11 is 0. The number of nitrogens with one attached hydrogen (secondary N) is 1. The number of piperidine rings is 1. The number of carbonyl (C=O) groups is 1. The van der Waals surface area contributed by atoms with Gasteiger partial charge in [-0.3, -0.25) is 4.79 Å². The molecule has 142 valence electrons. The first-order chi connectivity index (χ1) is 13.0. The summed E-state index contributed by atoms with van der Waals surface area (Å²) in [5.41, 5.74) is 2.44. The van der Waals surface area contributed by atoms with E-state index in [0.29, 0.717) is 18.1 Å². The van der Waals surface area contributed by atoms with Crippen molar-refractivity contribution < 1.29 is 9.53 Å². The Bertz CT molecular complexity index is 925. The third-order valence-electron chi connectivity index (χ3n) is 4.92. The number of rotatable bonds is 4. The molecule has 0 aliphatic carbocycles. The zero-order valence-corrected chi connectivity index (χ0v) is 16.0. The highest BCUT2D eigenvalue weighted by molar-refractivity contribution is 5.92. The first kappa shape index (κ1) is 17.6. The molecule has 27 heavy (non-hydrogen) atoms. The van der Waals surface area contributed by atoms with Gasteiger partial charge in [-0.15, -0.1) is 0 Å². The van der Waals surface area contributed by atoms with Crippen LogP contribution in [-0.4, -0.2) is 49.7 Å². The van der Waals surface area contributed by atoms with Crippen LogP contribution >= 0.6 is 0 Å². The molecule has 1 aliphatic heterocycles. The number of likely N-dealkylation sites (tertiary alicyclic amines) is 1. The predicted octanol–water partition coefficient (Wildman–Crippen LogP) is 3.10. The number of imidazole rings is 1. The molecule has 1 N–H and O–H groups in total. The van der Waals surface area contributed by atoms with Crippen LogP contribution in [0.2, 0.25) is 0 Å². The average molecular weight is 367 g/mol. The van der Waals surface area contributed by atoms with Gasteiger partial charge in [0.15, 0.2) is 5.69 Å². The van der Waals surface area contributed by atoms with Crippen molar-refractivity contribution in [2.45, 2.75) is 38.7 Å². The van der Waals surface area contributed by atoms with Gasteiger partial charge in [-0.1, -0.05) is 12.1 Å². The van der Waals surface area contributed by atoms with Crippen molar-refractivity contribution in [1.82, 2.24) is 24.6 Å². The number of para-hydroxylation sites is 2. The number of aryl methyl sites for hydroxylation is 1. The average Bonchev–Trinajstić information content (AvgIpc) is 3.25. The Hall–Kier alpha value is -2.83. The van der Waals surface area contributed by atoms with Gasteiger partial charge in [0, 0.05) is 32.1 Å². The third-order valence-corrected chi connectivity index (χ3v) is 4.92. The Labute approximate surface area is 158 Å². The van der Waals surface area contributed by atoms with E-state index in [1.54, 1.807) is 17.8 Å². The summed E-state index contributed by atoms with van der Waals surface area (Å²) in [5.74, 6) is 1.73. The van der Waals surface area contributed by atoms with E-state index >= 15 is 0 Å². The molecule has 0 bridgehead atoms. The summed E-state index contributed by atoms with van der Waals surface area (Å²) < 4.78 is 7.32. The number of amides is 1. The normalized spacial score (nSPS) is 17.6. The molecule has 0 radical (unpaired) electrons. The fourth-order valence-electron chi connectivity index (χ4n) is 3.62. The second-order valence-corrected chi connectivity index (χ2v) is 7.39. The van der Waals surface area contributed by atoms with E-state index in [4.69, 9.17) is 9.72 Å². The van der Waals surface area contributed by atoms with Crippen LogP contribution in [0.5, 0.6) is 5.88 Å². The Morgan fingerprint density at radius 1 is 1.33 bits per heavy atom. The molecule has 1 saturated heterocycles. The van der Waals surface area contributed by atoms with Crippen molar-refractivity contribution in [2.24, 2.45) is 7.05 Å². The second kappa shape index (κ2) is 7.06. The standard InChI is InChI=1S/C20H25N5O2/c1-13(2)27-18-11-17(23-24(18)3)20(26)25-10-6-7-14(12-25)19-21-15-8-4-5-9-16(15)22-19/h4-5,8-9,11,13-14H,6-7,10,12H2,1-3H3,(H,21,22). The Morgan fingerprint density at radius 2 is 2.15 bits per heavy atom. The van der Waals surface area contributed by atoms with E-state index in [2.05, 4.69) is 10.1 Å². The number of fused-ring (bicyclic) bond motifs is 1. The maximum Gasteiger partial charge on any atom is 0.274 e. The van der Waals surface area contributed by atoms with Crippen LogP contribution in [0.4, 0.5) is 0 Å². The molecule has 1 atom stereocenters. The van der Waals surface area contributed by atoms with Crippen molar-refractivity contribution in [3.8, 4) is 5.88 Å². The summed E-state index contributed by atoms with van der Waals surface area (Å²) in [6.45, 7) is 5.30. The molecule has 3 heterocycles. The zero-order chi connectivity index (χ0) is 19.0. The summed E-state index contributed by atoms with van der Waals surface area (Å²) in [6, 6.07) is 9.75. The molecule has 2 aromatic heterocycles. The number of hydrogen-bond donors (Lipinski definition) is 1. The van der Waals surface area contributed by atoms with Gasteiger partial charge < -0.3 is 14.6 Å². The fourth-order valence-corrected chi connectivity index (χ4v) is 3.62. The van der Waals surface area contributed by atoms with E-state index in [1.807, 2.05) is 43.0 Å². The SMILES string of the molecule is CC(C)Oc1cc(C(=O)N2CCCC(c3nc4ccccc4[nH]3)C2)nn1C. The summed E-state index contributed by atoms with van der Waals surface area (Å²) in [4.78, 5) is 23.0. The van der Waals surface area contributed by atoms with Crippen LogP contribution in [0.25, 0.3) is 11.0 Å². The van der Waals surface area contributed by atoms with Crippen molar-refractivity contribution in [3.63, 3.8) is 0 Å². The van der Waals surface area contributed by atoms with Gasteiger partial charge in [0.25, 0.3) is 5.91 Å². The van der Waals surface area contributed by atoms with Gasteiger partial charge in [0.2, 0.25) is 5.88 Å². The Kier molecular flexibility index (Phi) is 4.59. The highest BCUT2D eigenvalue weighted by atomic mass is 16.5. The number of ether oxygens (including phenoxy) is 1. The number of nitrogens with zero attached hydrogens (tertiary/aromatic N) is 4. The number of aromatic nitrogens is 4. The lowest BCUT2D eigenvalue weighted by atomic mass is 9.97. The van der Waals surface area contributed by atoms with Gasteiger partial charge in [-0.2, -0.15) is 5.10 Å². The molecule has 1 amide bonds. The largest absolute Gasteiger partial charge is 0.475 e. The first-order valence-electron chi connectivity index (χ1n) is 9.46. The maximum absolute atomic E-state index is 13.0. The topological polar surface area (TPSA) is 76.0 Å². The Balaban J connectivity index is 1.51. The molecule has 1 aromatic carbocycles. The van der Waals surface area contributed by atoms with E-state index in [1.165, 1.54) is 0 Å². The highest BCUT2D eigenvalue weighted by Gasteiger charge is 2.29. The van der Waals surface area contributed by atoms with Crippen LogP contribution in [0.15, 0.2) is 30.3 Å². The first-order valence-corrected chi connectivity index (χ1v) is 9.46. The lowest BCUT2D eigenvalue weighted by Crippen LogP contribution is -2.39. The van der Waals surface area contributed by atoms with Crippen LogP contribution < -0.4 is 4.74 Å². The fraction of sp³-hybridized carbons (Fsp3) is 0.450. The third kappa shape index (κ3) is 3.54. The van der Waals surface area contributed by atoms with Gasteiger partial charge >= 0.3 is 0 Å². The lowest BCUT2D eigenvalue weighted by molar-refractivity contribution is 0.0698. The number of carbonyl (C=O) groups excluding carboxylic acids is 1. The van der Waals surface area contributed by atoms with Crippen molar-refractivity contribution in [2.75, 3.05) is 13.1 Å². The van der Waals surface area contributed by atoms with Crippen molar-refractivity contribution in [3.05, 3.63) is 41.9 Å². The van der Waals surface area contributed by atoms with E-state index in [9.17, 15) is 4.79 Å². The quantitative estimate of drug-likeness (QED) is 0.769. The van der Waals surface area contributed by atoms with Gasteiger partial charge in [-0.25, -0.2) is 9.67 Å². The molecule has 7 nitrogen and oxygen atoms in total. The molecule has 0 saturated carbocycles. The van der Waals surface area contributed by atoms with E-state index < -0.39 is 0 Å². The number of aromatic amines is 1. The monoisotopic (exact) mass is 367 g/mol. The number of H-pyrrole nitrogens is 1. The highest BCUT2D eigenvalue weighted by Crippen LogP contribution is 2.28. The molecule has 4 rings (SSSR count). The van der Waals surface area contributed by atoms with Gasteiger partial charge in [-0.05, 0) is 38.8 Å². The number of hydrogen-bond acceptors (Lipinski definition) is 4. The van der Waals surface area contributed by atoms with Crippen LogP contribution in [-0.2, 0) is 7.05 Å². The molecule has 7 heteroatoms. The number of benzene rings is 1. The van der Waals surface area contributed by atoms with E-state index in [0.717, 1.165) is 36.2 Å². The molecule has 1 unspecified atom stereocenters. The van der Waals surface area contributed by atoms with Crippen LogP contribution in [0, 0.1) is 0 Å². The van der Waals surface area contributed by atoms with Crippen molar-refractivity contribution in [1.29, 1.82) is 0 Å². The summed E-state index contributed by atoms with van der Waals surface area (Å²) in [7, 11) is 1.79. The van der Waals surface area contributed by atoms with Gasteiger partial charge in [0.05, 0.1) is 17.1 Å². The molecule has 1 aliphatic rings. The van der Waals surface area contributed by atoms with Crippen LogP contribution in [0.1, 0.15) is 48.9 Å². The minimum Gasteiger partial charge on any atom is -0.475 e. The van der Waals surface area contributed by atoms with Crippen molar-refractivity contribution >= 4 is 16.9 Å². The summed E-state index contributed by atoms with van der Waals surface area (Å²) in [5, 5.41) is 4.35. The molecule has 0 spiro atoms. The molecular weight excluding hydrogens is 342 g/mol. The molecular formula is C20H25N5O2. The predicted molar refractivity (Wildman–Crippen MR) is 103 cm³/mol. The minimum atomic E-state index is -0.0509. The summed E-state index contributed by atoms with van der Waals surface area (Å²) in [6.07, 6.45) is 2.01. The van der Waals surface area contributed by atoms with E-state index in [-0.39, 0.29) is 17.9 Å². The maximum atomic E-state index is 13.0. The smallest absolute Gasteiger partial charge is 0.274 e. The second-order valence-electron chi connectivity index (χ2n) is 7.39. The molecule has 3 aromatic rings. The van der Waals surface area contributed by atoms with Crippen LogP contribution in [0.3, 0.4) is 0 Å². The zero-order valence-electron chi connectivity index (χ0n) is 16.0. The van der Waals surface area contributed by atoms with Gasteiger partial charge in [0.1, 0.15) is 5.82 Å². The Morgan fingerprint density at radius 3 is 2.93 bits per heavy atom. The lowest BCUT2D eigenvalue weighted by Gasteiger charge is -2.31.